The summed E-state index contributed by atoms with van der Waals surface area (Å²) in [7, 11) is 2.04. The van der Waals surface area contributed by atoms with Gasteiger partial charge in [-0.15, -0.1) is 0 Å². The number of carboxylic acids is 1. The number of aromatic nitrogens is 2. The minimum absolute atomic E-state index is 0.387. The van der Waals surface area contributed by atoms with Crippen LogP contribution in [-0.2, 0) is 20.0 Å². The quantitative estimate of drug-likeness (QED) is 0.568. The Labute approximate surface area is 169 Å². The van der Waals surface area contributed by atoms with E-state index in [0.717, 1.165) is 36.1 Å². The summed E-state index contributed by atoms with van der Waals surface area (Å²) < 4.78 is 2.16. The monoisotopic (exact) mass is 397 g/mol. The number of hydrogen-bond donors (Lipinski definition) is 3. The Kier molecular flexibility index (Phi) is 5.79. The van der Waals surface area contributed by atoms with Crippen molar-refractivity contribution in [3.05, 3.63) is 51.4 Å². The first kappa shape index (κ1) is 20.7. The summed E-state index contributed by atoms with van der Waals surface area (Å²) >= 11 is 0. The molecule has 0 radical (unpaired) electrons. The van der Waals surface area contributed by atoms with Crippen LogP contribution in [0.2, 0.25) is 0 Å². The molecule has 2 heterocycles. The molecule has 0 aliphatic heterocycles. The van der Waals surface area contributed by atoms with E-state index < -0.39 is 22.8 Å². The van der Waals surface area contributed by atoms with Gasteiger partial charge < -0.3 is 19.8 Å². The zero-order valence-corrected chi connectivity index (χ0v) is 17.2. The Morgan fingerprint density at radius 1 is 1.17 bits per heavy atom. The first-order chi connectivity index (χ1) is 13.8. The fourth-order valence-corrected chi connectivity index (χ4v) is 3.81. The normalized spacial score (nSPS) is 11.5. The lowest BCUT2D eigenvalue weighted by molar-refractivity contribution is 0.0691. The maximum absolute atomic E-state index is 12.2. The van der Waals surface area contributed by atoms with Gasteiger partial charge in [0.1, 0.15) is 5.75 Å². The van der Waals surface area contributed by atoms with Gasteiger partial charge in [-0.3, -0.25) is 9.69 Å². The second-order valence-corrected chi connectivity index (χ2v) is 7.12. The highest BCUT2D eigenvalue weighted by molar-refractivity contribution is 5.92. The number of carboxylic acid groups (broad SMARTS) is 1. The maximum atomic E-state index is 12.2. The molecule has 0 saturated carbocycles. The molecule has 0 unspecified atom stereocenters. The van der Waals surface area contributed by atoms with Crippen molar-refractivity contribution < 1.29 is 15.0 Å². The fourth-order valence-electron chi connectivity index (χ4n) is 3.81. The van der Waals surface area contributed by atoms with Crippen molar-refractivity contribution in [1.29, 1.82) is 0 Å². The minimum atomic E-state index is -1.44. The van der Waals surface area contributed by atoms with Crippen LogP contribution < -0.4 is 5.56 Å². The lowest BCUT2D eigenvalue weighted by Gasteiger charge is -2.18. The Morgan fingerprint density at radius 3 is 2.45 bits per heavy atom. The summed E-state index contributed by atoms with van der Waals surface area (Å²) in [6.45, 7) is 8.88. The molecule has 3 N–H and O–H groups in total. The molecule has 0 aliphatic carbocycles. The van der Waals surface area contributed by atoms with E-state index in [9.17, 15) is 19.8 Å². The molecule has 0 atom stereocenters. The highest BCUT2D eigenvalue weighted by atomic mass is 16.4. The number of benzene rings is 1. The first-order valence-corrected chi connectivity index (χ1v) is 9.84. The van der Waals surface area contributed by atoms with Crippen molar-refractivity contribution in [2.75, 3.05) is 13.1 Å². The van der Waals surface area contributed by atoms with Crippen molar-refractivity contribution in [3.63, 3.8) is 0 Å². The number of H-pyrrole nitrogens is 1. The van der Waals surface area contributed by atoms with Crippen molar-refractivity contribution in [2.24, 2.45) is 7.05 Å². The number of aromatic amines is 1. The molecule has 2 aromatic heterocycles. The van der Waals surface area contributed by atoms with Gasteiger partial charge in [0.2, 0.25) is 0 Å². The van der Waals surface area contributed by atoms with Gasteiger partial charge in [0, 0.05) is 35.8 Å². The molecular formula is C22H27N3O4. The summed E-state index contributed by atoms with van der Waals surface area (Å²) in [4.78, 5) is 28.6. The number of aromatic hydroxyl groups is 1. The summed E-state index contributed by atoms with van der Waals surface area (Å²) in [5.41, 5.74) is 2.44. The van der Waals surface area contributed by atoms with Crippen LogP contribution in [0.5, 0.6) is 5.75 Å². The Balaban J connectivity index is 2.14. The Hall–Kier alpha value is -3.06. The number of pyridine rings is 1. The van der Waals surface area contributed by atoms with Gasteiger partial charge in [-0.1, -0.05) is 26.8 Å². The second kappa shape index (κ2) is 8.13. The van der Waals surface area contributed by atoms with Crippen LogP contribution in [0.4, 0.5) is 0 Å². The van der Waals surface area contributed by atoms with Gasteiger partial charge >= 0.3 is 5.97 Å². The summed E-state index contributed by atoms with van der Waals surface area (Å²) in [6, 6.07) is 7.96. The Morgan fingerprint density at radius 2 is 1.86 bits per heavy atom. The summed E-state index contributed by atoms with van der Waals surface area (Å²) in [6.07, 6.45) is 0.387. The molecule has 0 aliphatic rings. The number of carbonyl (C=O) groups is 1. The van der Waals surface area contributed by atoms with Crippen LogP contribution in [-0.4, -0.2) is 43.7 Å². The molecule has 0 fully saturated rings. The van der Waals surface area contributed by atoms with Crippen LogP contribution in [0.25, 0.3) is 22.2 Å². The van der Waals surface area contributed by atoms with E-state index in [-0.39, 0.29) is 0 Å². The first-order valence-electron chi connectivity index (χ1n) is 9.84. The lowest BCUT2D eigenvalue weighted by atomic mass is 9.99. The zero-order chi connectivity index (χ0) is 21.3. The van der Waals surface area contributed by atoms with E-state index in [1.807, 2.05) is 32.2 Å². The number of aromatic carboxylic acids is 1. The number of nitrogens with zero attached hydrogens (tertiary/aromatic N) is 2. The van der Waals surface area contributed by atoms with Crippen molar-refractivity contribution in [3.8, 4) is 17.0 Å². The smallest absolute Gasteiger partial charge is 0.345 e. The molecule has 3 aromatic rings. The molecule has 0 spiro atoms. The third-order valence-electron chi connectivity index (χ3n) is 5.57. The number of aryl methyl sites for hydroxylation is 1. The van der Waals surface area contributed by atoms with Gasteiger partial charge in [0.05, 0.1) is 5.69 Å². The van der Waals surface area contributed by atoms with E-state index in [0.29, 0.717) is 17.7 Å². The van der Waals surface area contributed by atoms with E-state index in [2.05, 4.69) is 34.4 Å². The average Bonchev–Trinajstić information content (AvgIpc) is 3.00. The predicted molar refractivity (Wildman–Crippen MR) is 114 cm³/mol. The molecule has 29 heavy (non-hydrogen) atoms. The van der Waals surface area contributed by atoms with Gasteiger partial charge in [0.15, 0.2) is 5.56 Å². The highest BCUT2D eigenvalue weighted by Crippen LogP contribution is 2.32. The zero-order valence-electron chi connectivity index (χ0n) is 17.2. The van der Waals surface area contributed by atoms with Crippen LogP contribution in [0.1, 0.15) is 42.4 Å². The van der Waals surface area contributed by atoms with E-state index in [4.69, 9.17) is 0 Å². The summed E-state index contributed by atoms with van der Waals surface area (Å²) in [5, 5.41) is 20.6. The Bertz CT molecular complexity index is 1120. The minimum Gasteiger partial charge on any atom is -0.506 e. The molecule has 0 saturated heterocycles. The van der Waals surface area contributed by atoms with Crippen molar-refractivity contribution in [2.45, 2.75) is 33.7 Å². The number of rotatable bonds is 7. The topological polar surface area (TPSA) is 98.6 Å². The number of hydrogen-bond acceptors (Lipinski definition) is 4. The van der Waals surface area contributed by atoms with Crippen LogP contribution in [0, 0.1) is 0 Å². The van der Waals surface area contributed by atoms with Crippen LogP contribution in [0.15, 0.2) is 29.1 Å². The van der Waals surface area contributed by atoms with Gasteiger partial charge in [-0.2, -0.15) is 0 Å². The third kappa shape index (κ3) is 3.65. The molecule has 0 bridgehead atoms. The van der Waals surface area contributed by atoms with Crippen LogP contribution in [0.3, 0.4) is 0 Å². The predicted octanol–water partition coefficient (Wildman–Crippen LogP) is 3.34. The average molecular weight is 397 g/mol. The van der Waals surface area contributed by atoms with Crippen molar-refractivity contribution in [1.82, 2.24) is 14.5 Å². The van der Waals surface area contributed by atoms with Gasteiger partial charge in [-0.25, -0.2) is 4.79 Å². The molecule has 7 heteroatoms. The van der Waals surface area contributed by atoms with E-state index in [1.165, 1.54) is 5.69 Å². The second-order valence-electron chi connectivity index (χ2n) is 7.12. The number of fused-ring (bicyclic) bond motifs is 1. The molecule has 0 amide bonds. The molecule has 3 rings (SSSR count). The highest BCUT2D eigenvalue weighted by Gasteiger charge is 2.22. The summed E-state index contributed by atoms with van der Waals surface area (Å²) in [5.74, 6) is -1.90. The third-order valence-corrected chi connectivity index (χ3v) is 5.57. The fraction of sp³-hybridized carbons (Fsp3) is 0.364. The maximum Gasteiger partial charge on any atom is 0.345 e. The van der Waals surface area contributed by atoms with Gasteiger partial charge in [0.25, 0.3) is 5.56 Å². The molecular weight excluding hydrogens is 370 g/mol. The largest absolute Gasteiger partial charge is 0.506 e. The van der Waals surface area contributed by atoms with E-state index >= 15 is 0 Å². The number of nitrogens with one attached hydrogen (secondary N) is 1. The van der Waals surface area contributed by atoms with Crippen LogP contribution >= 0.6 is 0 Å². The standard InChI is InChI=1S/C22H27N3O4/c1-5-16-19(23-21(27)18(20(16)26)22(28)29)13-8-9-17-14(10-13)11-15(24(17)4)12-25(6-2)7-3/h8-11H,5-7,12H2,1-4H3,(H,28,29)(H2,23,26,27). The molecule has 154 valence electrons. The van der Waals surface area contributed by atoms with Crippen molar-refractivity contribution >= 4 is 16.9 Å². The van der Waals surface area contributed by atoms with E-state index in [1.54, 1.807) is 0 Å². The SMILES string of the molecule is CCc1c(-c2ccc3c(c2)cc(CN(CC)CC)n3C)[nH]c(=O)c(C(=O)O)c1O. The molecule has 7 nitrogen and oxygen atoms in total. The van der Waals surface area contributed by atoms with Gasteiger partial charge in [-0.05, 0) is 43.3 Å². The molecule has 1 aromatic carbocycles. The lowest BCUT2D eigenvalue weighted by Crippen LogP contribution is -2.23.